The zero-order valence-corrected chi connectivity index (χ0v) is 13.9. The molecule has 2 aromatic rings. The van der Waals surface area contributed by atoms with Gasteiger partial charge in [0.05, 0.1) is 17.6 Å². The number of aromatic nitrogens is 2. The van der Waals surface area contributed by atoms with Crippen molar-refractivity contribution in [3.8, 4) is 0 Å². The summed E-state index contributed by atoms with van der Waals surface area (Å²) < 4.78 is 4.97. The van der Waals surface area contributed by atoms with Crippen molar-refractivity contribution in [3.05, 3.63) is 30.1 Å². The number of nitrogens with one attached hydrogen (secondary N) is 1. The van der Waals surface area contributed by atoms with E-state index in [1.165, 1.54) is 12.8 Å². The number of amides is 1. The highest BCUT2D eigenvalue weighted by Crippen LogP contribution is 2.26. The molecule has 2 fully saturated rings. The molecule has 2 aliphatic heterocycles. The number of piperidine rings is 1. The van der Waals surface area contributed by atoms with Gasteiger partial charge >= 0.3 is 6.09 Å². The molecule has 0 unspecified atom stereocenters. The van der Waals surface area contributed by atoms with Gasteiger partial charge in [-0.25, -0.2) is 9.78 Å². The van der Waals surface area contributed by atoms with Crippen LogP contribution in [0.5, 0.6) is 0 Å². The minimum atomic E-state index is -0.159. The van der Waals surface area contributed by atoms with Crippen LogP contribution in [-0.4, -0.2) is 65.2 Å². The number of rotatable bonds is 5. The molecule has 3 heterocycles. The molecule has 0 spiro atoms. The van der Waals surface area contributed by atoms with Gasteiger partial charge in [0.2, 0.25) is 0 Å². The van der Waals surface area contributed by atoms with Gasteiger partial charge in [-0.3, -0.25) is 0 Å². The molecule has 0 radical (unpaired) electrons. The maximum absolute atomic E-state index is 11.5. The number of aromatic amines is 1. The lowest BCUT2D eigenvalue weighted by molar-refractivity contribution is 0.154. The Morgan fingerprint density at radius 1 is 1.25 bits per heavy atom. The van der Waals surface area contributed by atoms with Crippen molar-refractivity contribution in [1.29, 1.82) is 0 Å². The second kappa shape index (κ2) is 6.81. The lowest BCUT2D eigenvalue weighted by atomic mass is 9.97. The largest absolute Gasteiger partial charge is 0.448 e. The third kappa shape index (κ3) is 3.24. The number of imidazole rings is 1. The number of nitrogens with zero attached hydrogens (tertiary/aromatic N) is 3. The topological polar surface area (TPSA) is 61.5 Å². The lowest BCUT2D eigenvalue weighted by Gasteiger charge is -2.32. The minimum Gasteiger partial charge on any atom is -0.448 e. The highest BCUT2D eigenvalue weighted by Gasteiger charge is 2.25. The molecule has 128 valence electrons. The first-order chi connectivity index (χ1) is 11.8. The van der Waals surface area contributed by atoms with E-state index in [2.05, 4.69) is 22.0 Å². The second-order valence-electron chi connectivity index (χ2n) is 6.73. The summed E-state index contributed by atoms with van der Waals surface area (Å²) in [5.41, 5.74) is 2.18. The predicted molar refractivity (Wildman–Crippen MR) is 92.0 cm³/mol. The van der Waals surface area contributed by atoms with Crippen LogP contribution in [0.25, 0.3) is 11.0 Å². The number of para-hydroxylation sites is 2. The summed E-state index contributed by atoms with van der Waals surface area (Å²) in [4.78, 5) is 24.0. The van der Waals surface area contributed by atoms with Crippen LogP contribution in [0.15, 0.2) is 24.3 Å². The van der Waals surface area contributed by atoms with Gasteiger partial charge in [-0.05, 0) is 44.5 Å². The van der Waals surface area contributed by atoms with Crippen LogP contribution < -0.4 is 0 Å². The van der Waals surface area contributed by atoms with E-state index in [4.69, 9.17) is 9.72 Å². The predicted octanol–water partition coefficient (Wildman–Crippen LogP) is 2.58. The van der Waals surface area contributed by atoms with Crippen molar-refractivity contribution < 1.29 is 9.53 Å². The average molecular weight is 328 g/mol. The molecule has 1 N–H and O–H groups in total. The van der Waals surface area contributed by atoms with E-state index in [0.29, 0.717) is 12.5 Å². The fourth-order valence-electron chi connectivity index (χ4n) is 3.76. The highest BCUT2D eigenvalue weighted by molar-refractivity contribution is 5.74. The third-order valence-electron chi connectivity index (χ3n) is 5.05. The maximum Gasteiger partial charge on any atom is 0.409 e. The number of H-pyrrole nitrogens is 1. The summed E-state index contributed by atoms with van der Waals surface area (Å²) in [6, 6.07) is 8.22. The molecule has 1 aromatic heterocycles. The van der Waals surface area contributed by atoms with Crippen LogP contribution in [-0.2, 0) is 4.74 Å². The van der Waals surface area contributed by atoms with Crippen molar-refractivity contribution in [2.24, 2.45) is 0 Å². The van der Waals surface area contributed by atoms with E-state index in [9.17, 15) is 4.79 Å². The van der Waals surface area contributed by atoms with E-state index >= 15 is 0 Å². The molecule has 1 atom stereocenters. The van der Waals surface area contributed by atoms with Gasteiger partial charge in [0.25, 0.3) is 0 Å². The third-order valence-corrected chi connectivity index (χ3v) is 5.05. The van der Waals surface area contributed by atoms with Crippen molar-refractivity contribution >= 4 is 17.1 Å². The van der Waals surface area contributed by atoms with Gasteiger partial charge in [0.1, 0.15) is 12.4 Å². The number of hydrogen-bond donors (Lipinski definition) is 1. The summed E-state index contributed by atoms with van der Waals surface area (Å²) in [7, 11) is 0. The first-order valence-electron chi connectivity index (χ1n) is 8.88. The van der Waals surface area contributed by atoms with Crippen LogP contribution >= 0.6 is 0 Å². The number of ether oxygens (including phenoxy) is 1. The number of hydrogen-bond acceptors (Lipinski definition) is 4. The average Bonchev–Trinajstić information content (AvgIpc) is 3.21. The molecular formula is C18H24N4O2. The monoisotopic (exact) mass is 328 g/mol. The molecule has 2 saturated heterocycles. The highest BCUT2D eigenvalue weighted by atomic mass is 16.6. The molecule has 0 aliphatic carbocycles. The molecule has 0 bridgehead atoms. The molecule has 0 saturated carbocycles. The minimum absolute atomic E-state index is 0.159. The molecule has 6 heteroatoms. The van der Waals surface area contributed by atoms with Gasteiger partial charge in [-0.15, -0.1) is 0 Å². The van der Waals surface area contributed by atoms with Crippen LogP contribution in [0, 0.1) is 0 Å². The molecule has 6 nitrogen and oxygen atoms in total. The first-order valence-corrected chi connectivity index (χ1v) is 8.88. The van der Waals surface area contributed by atoms with Crippen LogP contribution in [0.3, 0.4) is 0 Å². The van der Waals surface area contributed by atoms with Gasteiger partial charge < -0.3 is 19.5 Å². The van der Waals surface area contributed by atoms with Gasteiger partial charge in [0.15, 0.2) is 0 Å². The zero-order chi connectivity index (χ0) is 16.4. The Morgan fingerprint density at radius 3 is 3.00 bits per heavy atom. The summed E-state index contributed by atoms with van der Waals surface area (Å²) in [5.74, 6) is 1.59. The van der Waals surface area contributed by atoms with Crippen LogP contribution in [0.2, 0.25) is 0 Å². The molecule has 1 amide bonds. The van der Waals surface area contributed by atoms with E-state index < -0.39 is 0 Å². The Kier molecular flexibility index (Phi) is 4.38. The van der Waals surface area contributed by atoms with Crippen LogP contribution in [0.1, 0.15) is 31.0 Å². The molecule has 1 aromatic carbocycles. The quantitative estimate of drug-likeness (QED) is 0.916. The fourth-order valence-corrected chi connectivity index (χ4v) is 3.76. The Bertz CT molecular complexity index is 681. The van der Waals surface area contributed by atoms with Crippen molar-refractivity contribution in [2.75, 3.05) is 39.3 Å². The maximum atomic E-state index is 11.5. The number of benzene rings is 1. The summed E-state index contributed by atoms with van der Waals surface area (Å²) in [6.45, 7) is 5.29. The molecule has 2 aliphatic rings. The second-order valence-corrected chi connectivity index (χ2v) is 6.73. The van der Waals surface area contributed by atoms with Crippen LogP contribution in [0.4, 0.5) is 4.79 Å². The zero-order valence-electron chi connectivity index (χ0n) is 13.9. The van der Waals surface area contributed by atoms with Crippen molar-refractivity contribution in [1.82, 2.24) is 19.8 Å². The van der Waals surface area contributed by atoms with Gasteiger partial charge in [0, 0.05) is 19.0 Å². The SMILES string of the molecule is O=C1OCCN1CCCN1CCC[C@@H](c2nc3ccccc3[nH]2)C1. The fraction of sp³-hybridized carbons (Fsp3) is 0.556. The standard InChI is InChI=1S/C18H24N4O2/c23-18-22(11-12-24-18)10-4-9-21-8-3-5-14(13-21)17-19-15-6-1-2-7-16(15)20-17/h1-2,6-7,14H,3-5,8-13H2,(H,19,20)/t14-/m1/s1. The van der Waals surface area contributed by atoms with Crippen molar-refractivity contribution in [2.45, 2.75) is 25.2 Å². The number of carbonyl (C=O) groups is 1. The lowest BCUT2D eigenvalue weighted by Crippen LogP contribution is -2.37. The Labute approximate surface area is 141 Å². The normalized spacial score (nSPS) is 22.2. The summed E-state index contributed by atoms with van der Waals surface area (Å²) >= 11 is 0. The number of carbonyl (C=O) groups excluding carboxylic acids is 1. The number of cyclic esters (lactones) is 1. The van der Waals surface area contributed by atoms with E-state index in [-0.39, 0.29) is 6.09 Å². The molecule has 4 rings (SSSR count). The number of fused-ring (bicyclic) bond motifs is 1. The summed E-state index contributed by atoms with van der Waals surface area (Å²) in [6.07, 6.45) is 3.23. The summed E-state index contributed by atoms with van der Waals surface area (Å²) in [5, 5.41) is 0. The Morgan fingerprint density at radius 2 is 2.17 bits per heavy atom. The Hall–Kier alpha value is -2.08. The van der Waals surface area contributed by atoms with Gasteiger partial charge in [-0.2, -0.15) is 0 Å². The molecular weight excluding hydrogens is 304 g/mol. The Balaban J connectivity index is 1.32. The van der Waals surface area contributed by atoms with E-state index in [1.54, 1.807) is 4.90 Å². The first kappa shape index (κ1) is 15.4. The number of likely N-dealkylation sites (tertiary alicyclic amines) is 1. The van der Waals surface area contributed by atoms with Gasteiger partial charge in [-0.1, -0.05) is 12.1 Å². The van der Waals surface area contributed by atoms with E-state index in [0.717, 1.165) is 56.0 Å². The smallest absolute Gasteiger partial charge is 0.409 e. The molecule has 24 heavy (non-hydrogen) atoms. The van der Waals surface area contributed by atoms with Crippen molar-refractivity contribution in [3.63, 3.8) is 0 Å². The van der Waals surface area contributed by atoms with E-state index in [1.807, 2.05) is 12.1 Å².